The molecular formula is C12H16N4O. The fourth-order valence-corrected chi connectivity index (χ4v) is 1.89. The second-order valence-electron chi connectivity index (χ2n) is 4.60. The molecule has 2 heterocycles. The molecule has 17 heavy (non-hydrogen) atoms. The maximum Gasteiger partial charge on any atom is 0.203 e. The highest BCUT2D eigenvalue weighted by Gasteiger charge is 2.23. The number of nitrogens with one attached hydrogen (secondary N) is 1. The van der Waals surface area contributed by atoms with Crippen molar-refractivity contribution in [3.05, 3.63) is 29.4 Å². The highest BCUT2D eigenvalue weighted by Crippen LogP contribution is 2.24. The molecule has 0 aliphatic heterocycles. The molecule has 1 aliphatic rings. The Hall–Kier alpha value is -1.78. The van der Waals surface area contributed by atoms with Gasteiger partial charge in [0.2, 0.25) is 5.95 Å². The minimum atomic E-state index is 0.612. The number of aryl methyl sites for hydroxylation is 2. The van der Waals surface area contributed by atoms with E-state index < -0.39 is 0 Å². The second-order valence-corrected chi connectivity index (χ2v) is 4.60. The van der Waals surface area contributed by atoms with Crippen LogP contribution in [0.4, 0.5) is 5.95 Å². The van der Waals surface area contributed by atoms with Crippen molar-refractivity contribution in [2.75, 3.05) is 5.32 Å². The second kappa shape index (κ2) is 3.91. The minimum absolute atomic E-state index is 0.612. The van der Waals surface area contributed by atoms with Crippen LogP contribution < -0.4 is 5.32 Å². The molecule has 0 amide bonds. The molecule has 2 aromatic heterocycles. The third-order valence-electron chi connectivity index (χ3n) is 3.14. The van der Waals surface area contributed by atoms with Crippen molar-refractivity contribution < 1.29 is 4.52 Å². The Bertz CT molecular complexity index is 505. The SMILES string of the molecule is Cc1noc(C)c1Cn1ccnc1NC1CC1. The summed E-state index contributed by atoms with van der Waals surface area (Å²) in [5, 5.41) is 7.39. The van der Waals surface area contributed by atoms with Crippen LogP contribution in [0.2, 0.25) is 0 Å². The summed E-state index contributed by atoms with van der Waals surface area (Å²) in [5.74, 6) is 1.82. The maximum atomic E-state index is 5.17. The third-order valence-corrected chi connectivity index (χ3v) is 3.14. The fourth-order valence-electron chi connectivity index (χ4n) is 1.89. The predicted octanol–water partition coefficient (Wildman–Crippen LogP) is 2.11. The van der Waals surface area contributed by atoms with E-state index in [1.54, 1.807) is 0 Å². The number of rotatable bonds is 4. The molecular weight excluding hydrogens is 216 g/mol. The van der Waals surface area contributed by atoms with Gasteiger partial charge >= 0.3 is 0 Å². The van der Waals surface area contributed by atoms with E-state index in [1.165, 1.54) is 12.8 Å². The quantitative estimate of drug-likeness (QED) is 0.877. The Morgan fingerprint density at radius 1 is 1.47 bits per heavy atom. The Kier molecular flexibility index (Phi) is 2.39. The van der Waals surface area contributed by atoms with E-state index in [0.717, 1.165) is 29.5 Å². The van der Waals surface area contributed by atoms with E-state index in [9.17, 15) is 0 Å². The molecule has 1 fully saturated rings. The molecule has 1 aliphatic carbocycles. The maximum absolute atomic E-state index is 5.17. The zero-order chi connectivity index (χ0) is 11.8. The van der Waals surface area contributed by atoms with Gasteiger partial charge in [0, 0.05) is 24.0 Å². The monoisotopic (exact) mass is 232 g/mol. The molecule has 5 heteroatoms. The molecule has 5 nitrogen and oxygen atoms in total. The highest BCUT2D eigenvalue weighted by molar-refractivity contribution is 5.32. The molecule has 1 saturated carbocycles. The lowest BCUT2D eigenvalue weighted by molar-refractivity contribution is 0.392. The molecule has 0 spiro atoms. The number of aromatic nitrogens is 3. The largest absolute Gasteiger partial charge is 0.361 e. The molecule has 0 unspecified atom stereocenters. The number of nitrogens with zero attached hydrogens (tertiary/aromatic N) is 3. The van der Waals surface area contributed by atoms with Crippen LogP contribution in [-0.2, 0) is 6.54 Å². The average Bonchev–Trinajstić information content (AvgIpc) is 2.93. The van der Waals surface area contributed by atoms with Gasteiger partial charge in [-0.15, -0.1) is 0 Å². The van der Waals surface area contributed by atoms with Crippen molar-refractivity contribution in [3.8, 4) is 0 Å². The summed E-state index contributed by atoms with van der Waals surface area (Å²) < 4.78 is 7.28. The summed E-state index contributed by atoms with van der Waals surface area (Å²) in [7, 11) is 0. The first-order valence-electron chi connectivity index (χ1n) is 5.93. The lowest BCUT2D eigenvalue weighted by Crippen LogP contribution is -2.10. The van der Waals surface area contributed by atoms with E-state index in [0.29, 0.717) is 6.04 Å². The van der Waals surface area contributed by atoms with Gasteiger partial charge in [0.15, 0.2) is 0 Å². The van der Waals surface area contributed by atoms with Crippen molar-refractivity contribution in [3.63, 3.8) is 0 Å². The van der Waals surface area contributed by atoms with E-state index in [1.807, 2.05) is 26.2 Å². The zero-order valence-electron chi connectivity index (χ0n) is 10.1. The molecule has 1 N–H and O–H groups in total. The van der Waals surface area contributed by atoms with Crippen molar-refractivity contribution in [2.45, 2.75) is 39.3 Å². The van der Waals surface area contributed by atoms with Crippen LogP contribution in [0.1, 0.15) is 29.9 Å². The summed E-state index contributed by atoms with van der Waals surface area (Å²) in [5.41, 5.74) is 2.09. The van der Waals surface area contributed by atoms with Crippen LogP contribution in [0.15, 0.2) is 16.9 Å². The molecule has 0 atom stereocenters. The minimum Gasteiger partial charge on any atom is -0.361 e. The first-order valence-corrected chi connectivity index (χ1v) is 5.93. The number of imidazole rings is 1. The lowest BCUT2D eigenvalue weighted by Gasteiger charge is -2.08. The summed E-state index contributed by atoms with van der Waals surface area (Å²) in [6.45, 7) is 4.67. The van der Waals surface area contributed by atoms with Crippen LogP contribution in [0.3, 0.4) is 0 Å². The van der Waals surface area contributed by atoms with Crippen molar-refractivity contribution in [2.24, 2.45) is 0 Å². The molecule has 0 radical (unpaired) electrons. The number of hydrogen-bond acceptors (Lipinski definition) is 4. The van der Waals surface area contributed by atoms with Crippen molar-refractivity contribution in [1.29, 1.82) is 0 Å². The van der Waals surface area contributed by atoms with Crippen LogP contribution in [0.5, 0.6) is 0 Å². The molecule has 0 bridgehead atoms. The fraction of sp³-hybridized carbons (Fsp3) is 0.500. The van der Waals surface area contributed by atoms with Gasteiger partial charge in [0.1, 0.15) is 5.76 Å². The standard InChI is InChI=1S/C12H16N4O/c1-8-11(9(2)17-15-8)7-16-6-5-13-12(16)14-10-3-4-10/h5-6,10H,3-4,7H2,1-2H3,(H,13,14). The molecule has 0 saturated heterocycles. The molecule has 90 valence electrons. The van der Waals surface area contributed by atoms with Crippen molar-refractivity contribution >= 4 is 5.95 Å². The van der Waals surface area contributed by atoms with Crippen LogP contribution in [-0.4, -0.2) is 20.7 Å². The van der Waals surface area contributed by atoms with Crippen LogP contribution in [0, 0.1) is 13.8 Å². The Balaban J connectivity index is 1.82. The summed E-state index contributed by atoms with van der Waals surface area (Å²) >= 11 is 0. The summed E-state index contributed by atoms with van der Waals surface area (Å²) in [6, 6.07) is 0.612. The average molecular weight is 232 g/mol. The van der Waals surface area contributed by atoms with Gasteiger partial charge in [0.25, 0.3) is 0 Å². The highest BCUT2D eigenvalue weighted by atomic mass is 16.5. The zero-order valence-corrected chi connectivity index (χ0v) is 10.1. The first kappa shape index (κ1) is 10.4. The normalized spacial score (nSPS) is 15.2. The van der Waals surface area contributed by atoms with Gasteiger partial charge in [0.05, 0.1) is 12.2 Å². The van der Waals surface area contributed by atoms with E-state index in [4.69, 9.17) is 4.52 Å². The van der Waals surface area contributed by atoms with E-state index in [2.05, 4.69) is 20.0 Å². The lowest BCUT2D eigenvalue weighted by atomic mass is 10.2. The van der Waals surface area contributed by atoms with Gasteiger partial charge in [-0.1, -0.05) is 5.16 Å². The Morgan fingerprint density at radius 2 is 2.29 bits per heavy atom. The van der Waals surface area contributed by atoms with Gasteiger partial charge < -0.3 is 14.4 Å². The van der Waals surface area contributed by atoms with Crippen LogP contribution >= 0.6 is 0 Å². The third kappa shape index (κ3) is 2.05. The molecule has 2 aromatic rings. The summed E-state index contributed by atoms with van der Waals surface area (Å²) in [6.07, 6.45) is 6.30. The van der Waals surface area contributed by atoms with Gasteiger partial charge in [-0.05, 0) is 26.7 Å². The topological polar surface area (TPSA) is 55.9 Å². The Morgan fingerprint density at radius 3 is 2.94 bits per heavy atom. The first-order chi connectivity index (χ1) is 8.24. The smallest absolute Gasteiger partial charge is 0.203 e. The van der Waals surface area contributed by atoms with E-state index in [-0.39, 0.29) is 0 Å². The molecule has 0 aromatic carbocycles. The van der Waals surface area contributed by atoms with Gasteiger partial charge in [-0.2, -0.15) is 0 Å². The Labute approximate surface area is 99.8 Å². The van der Waals surface area contributed by atoms with Gasteiger partial charge in [-0.25, -0.2) is 4.98 Å². The number of hydrogen-bond donors (Lipinski definition) is 1. The van der Waals surface area contributed by atoms with Crippen LogP contribution in [0.25, 0.3) is 0 Å². The van der Waals surface area contributed by atoms with Gasteiger partial charge in [-0.3, -0.25) is 0 Å². The van der Waals surface area contributed by atoms with E-state index >= 15 is 0 Å². The summed E-state index contributed by atoms with van der Waals surface area (Å²) in [4.78, 5) is 4.34. The predicted molar refractivity (Wildman–Crippen MR) is 64.0 cm³/mol. The molecule has 3 rings (SSSR count). The van der Waals surface area contributed by atoms with Crippen molar-refractivity contribution in [1.82, 2.24) is 14.7 Å². The number of anilines is 1.